The minimum Gasteiger partial charge on any atom is -0.304 e. The molecule has 0 spiro atoms. The Morgan fingerprint density at radius 3 is 0.956 bits per heavy atom. The Hall–Kier alpha value is -9.29. The first-order valence-electron chi connectivity index (χ1n) is 39.1. The maximum atomic E-state index is 13.6. The van der Waals surface area contributed by atoms with Crippen molar-refractivity contribution in [3.63, 3.8) is 0 Å². The zero-order valence-electron chi connectivity index (χ0n) is 64.3. The minimum atomic E-state index is -3.80. The van der Waals surface area contributed by atoms with E-state index in [0.717, 1.165) is 179 Å². The molecule has 0 radical (unpaired) electrons. The Kier molecular flexibility index (Phi) is 25.4. The van der Waals surface area contributed by atoms with Crippen molar-refractivity contribution in [1.82, 2.24) is 85.6 Å². The molecule has 3 aliphatic carbocycles. The highest BCUT2D eigenvalue weighted by atomic mass is 32.2. The van der Waals surface area contributed by atoms with Gasteiger partial charge in [-0.3, -0.25) is 28.7 Å². The highest BCUT2D eigenvalue weighted by molar-refractivity contribution is 7.90. The van der Waals surface area contributed by atoms with Crippen LogP contribution in [0, 0.1) is 0 Å². The number of nitrogens with zero attached hydrogens (tertiary/aromatic N) is 18. The fraction of sp³-hybridized carbons (Fsp3) is 0.425. The Bertz CT molecular complexity index is 5430. The number of benzene rings is 3. The van der Waals surface area contributed by atoms with Crippen molar-refractivity contribution in [2.75, 3.05) is 99.7 Å². The molecule has 0 bridgehead atoms. The average Bonchev–Trinajstić information content (AvgIpc) is 1.60. The summed E-state index contributed by atoms with van der Waals surface area (Å²) in [6, 6.07) is 34.0. The molecule has 5 fully saturated rings. The summed E-state index contributed by atoms with van der Waals surface area (Å²) in [5.41, 5.74) is 11.2. The van der Waals surface area contributed by atoms with Gasteiger partial charge >= 0.3 is 0 Å². The number of aryl methyl sites for hydroxylation is 3. The SMILES string of the molecule is C.C.C.CN1CCN(C2CC=C(c3cnc4c(c3)c(-c3cnn(C)c3)cn4S(=O)(=O)c3ccccc3)CC2)CC1.CN1CCN(C2CCC(c3cnc4c(c3)c(-c3cnn(C)c3)cn4S(=O)(=O)c3ccccc3)CC2)CC1.CN1CCN(C2CCC(c3cnc4c(c3)c(-c3cnn(C)c3)cn4S(=O)(=O)c3ccccc3)CC2)CC1. The van der Waals surface area contributed by atoms with Gasteiger partial charge in [0.05, 0.1) is 33.3 Å². The van der Waals surface area contributed by atoms with E-state index in [2.05, 4.69) is 90.1 Å². The first-order chi connectivity index (χ1) is 53.7. The Labute approximate surface area is 673 Å². The summed E-state index contributed by atoms with van der Waals surface area (Å²) in [4.78, 5) is 30.2. The van der Waals surface area contributed by atoms with E-state index in [9.17, 15) is 25.3 Å². The molecule has 9 aromatic heterocycles. The Balaban J connectivity index is 0.000000147. The molecule has 6 aliphatic rings. The molecule has 0 amide bonds. The van der Waals surface area contributed by atoms with Crippen molar-refractivity contribution in [2.45, 2.75) is 138 Å². The van der Waals surface area contributed by atoms with Gasteiger partial charge < -0.3 is 14.7 Å². The van der Waals surface area contributed by atoms with Crippen molar-refractivity contribution in [2.24, 2.45) is 21.1 Å². The van der Waals surface area contributed by atoms with Crippen molar-refractivity contribution in [3.8, 4) is 33.4 Å². The van der Waals surface area contributed by atoms with Crippen LogP contribution < -0.4 is 0 Å². The third-order valence-corrected chi connectivity index (χ3v) is 29.1. The second-order valence-electron chi connectivity index (χ2n) is 31.2. The topological polar surface area (TPSA) is 229 Å². The zero-order chi connectivity index (χ0) is 76.7. The molecule has 1 unspecified atom stereocenters. The summed E-state index contributed by atoms with van der Waals surface area (Å²) < 4.78 is 90.7. The molecule has 3 saturated heterocycles. The minimum absolute atomic E-state index is 0. The van der Waals surface area contributed by atoms with Crippen LogP contribution in [-0.2, 0) is 51.2 Å². The lowest BCUT2D eigenvalue weighted by Crippen LogP contribution is -2.49. The molecule has 3 aliphatic heterocycles. The van der Waals surface area contributed by atoms with Gasteiger partial charge in [0.1, 0.15) is 0 Å². The third-order valence-electron chi connectivity index (χ3n) is 24.1. The predicted molar refractivity (Wildman–Crippen MR) is 456 cm³/mol. The molecule has 27 heteroatoms. The number of likely N-dealkylation sites (N-methyl/N-ethyl adjacent to an activating group) is 3. The quantitative estimate of drug-likeness (QED) is 0.0929. The fourth-order valence-electron chi connectivity index (χ4n) is 17.5. The van der Waals surface area contributed by atoms with E-state index in [4.69, 9.17) is 15.0 Å². The number of piperazine rings is 3. The molecule has 1 atom stereocenters. The van der Waals surface area contributed by atoms with Gasteiger partial charge in [-0.25, -0.2) is 52.1 Å². The van der Waals surface area contributed by atoms with Crippen molar-refractivity contribution < 1.29 is 25.3 Å². The van der Waals surface area contributed by atoms with Crippen LogP contribution in [0.3, 0.4) is 0 Å². The number of rotatable bonds is 15. The summed E-state index contributed by atoms with van der Waals surface area (Å²) in [5.74, 6) is 0.882. The van der Waals surface area contributed by atoms with E-state index in [1.807, 2.05) is 76.5 Å². The number of hydrogen-bond acceptors (Lipinski definition) is 18. The zero-order valence-corrected chi connectivity index (χ0v) is 66.7. The number of aromatic nitrogens is 12. The van der Waals surface area contributed by atoms with Gasteiger partial charge in [-0.1, -0.05) is 83.0 Å². The maximum absolute atomic E-state index is 13.6. The van der Waals surface area contributed by atoms with E-state index >= 15 is 0 Å². The lowest BCUT2D eigenvalue weighted by atomic mass is 9.81. The van der Waals surface area contributed by atoms with Crippen LogP contribution >= 0.6 is 0 Å². The largest absolute Gasteiger partial charge is 0.304 e. The van der Waals surface area contributed by atoms with Crippen LogP contribution in [0.2, 0.25) is 0 Å². The molecular weight excluding hydrogens is 1490 g/mol. The van der Waals surface area contributed by atoms with Gasteiger partial charge in [0, 0.05) is 223 Å². The molecule has 3 aromatic carbocycles. The van der Waals surface area contributed by atoms with Crippen LogP contribution in [0.1, 0.15) is 121 Å². The van der Waals surface area contributed by atoms with Crippen molar-refractivity contribution in [3.05, 3.63) is 206 Å². The lowest BCUT2D eigenvalue weighted by molar-refractivity contribution is 0.0878. The predicted octanol–water partition coefficient (Wildman–Crippen LogP) is 13.7. The first-order valence-corrected chi connectivity index (χ1v) is 43.4. The fourth-order valence-corrected chi connectivity index (χ4v) is 21.5. The van der Waals surface area contributed by atoms with Crippen molar-refractivity contribution in [1.29, 1.82) is 0 Å². The smallest absolute Gasteiger partial charge is 0.269 e. The second kappa shape index (κ2) is 35.0. The average molecular weight is 1600 g/mol. The summed E-state index contributed by atoms with van der Waals surface area (Å²) >= 11 is 0. The van der Waals surface area contributed by atoms with Crippen LogP contribution in [0.25, 0.3) is 72.1 Å². The summed E-state index contributed by atoms with van der Waals surface area (Å²) in [5, 5.41) is 15.5. The van der Waals surface area contributed by atoms with E-state index in [0.29, 0.717) is 46.9 Å². The molecule has 0 N–H and O–H groups in total. The van der Waals surface area contributed by atoms with Crippen LogP contribution in [-0.4, -0.2) is 229 Å². The molecule has 12 heterocycles. The highest BCUT2D eigenvalue weighted by Crippen LogP contribution is 2.43. The molecule has 114 heavy (non-hydrogen) atoms. The van der Waals surface area contributed by atoms with Crippen molar-refractivity contribution >= 4 is 68.7 Å². The molecule has 24 nitrogen and oxygen atoms in total. The standard InChI is InChI=1S/2C28H34N6O2S.C28H32N6O2S.3CH4/c3*1-31-12-14-33(15-13-31)24-10-8-21(9-11-24)22-16-26-27(23-18-30-32(2)19-23)20-34(28(26)29-17-22)37(35,36)25-6-4-3-5-7-25;;;/h2*3-7,16-21,24H,8-15H2,1-2H3;3-8,16-20,24H,9-15H2,1-2H3;3*1H4. The monoisotopic (exact) mass is 1600 g/mol. The molecule has 604 valence electrons. The Morgan fingerprint density at radius 2 is 0.649 bits per heavy atom. The molecular formula is C87H112N18O6S3. The summed E-state index contributed by atoms with van der Waals surface area (Å²) in [6.45, 7) is 13.8. The third kappa shape index (κ3) is 17.2. The maximum Gasteiger partial charge on any atom is 0.269 e. The second-order valence-corrected chi connectivity index (χ2v) is 36.7. The van der Waals surface area contributed by atoms with Gasteiger partial charge in [0.2, 0.25) is 0 Å². The lowest BCUT2D eigenvalue weighted by Gasteiger charge is -2.41. The van der Waals surface area contributed by atoms with E-state index < -0.39 is 30.1 Å². The van der Waals surface area contributed by atoms with Gasteiger partial charge in [-0.15, -0.1) is 0 Å². The number of allylic oxidation sites excluding steroid dienone is 1. The Morgan fingerprint density at radius 1 is 0.333 bits per heavy atom. The number of pyridine rings is 3. The summed E-state index contributed by atoms with van der Waals surface area (Å²) in [7, 11) is 0.809. The number of hydrogen-bond donors (Lipinski definition) is 0. The van der Waals surface area contributed by atoms with E-state index in [1.54, 1.807) is 124 Å². The van der Waals surface area contributed by atoms with Gasteiger partial charge in [-0.05, 0) is 180 Å². The summed E-state index contributed by atoms with van der Waals surface area (Å²) in [6.07, 6.45) is 36.6. The molecule has 2 saturated carbocycles. The number of fused-ring (bicyclic) bond motifs is 3. The normalized spacial score (nSPS) is 20.7. The van der Waals surface area contributed by atoms with Crippen LogP contribution in [0.4, 0.5) is 0 Å². The van der Waals surface area contributed by atoms with Gasteiger partial charge in [0.15, 0.2) is 16.9 Å². The van der Waals surface area contributed by atoms with Gasteiger partial charge in [-0.2, -0.15) is 15.3 Å². The van der Waals surface area contributed by atoms with Gasteiger partial charge in [0.25, 0.3) is 30.1 Å². The van der Waals surface area contributed by atoms with Crippen LogP contribution in [0.5, 0.6) is 0 Å². The van der Waals surface area contributed by atoms with Crippen LogP contribution in [0.15, 0.2) is 204 Å². The van der Waals surface area contributed by atoms with E-state index in [1.165, 1.54) is 54.3 Å². The first kappa shape index (κ1) is 82.7. The molecule has 18 rings (SSSR count). The molecule has 12 aromatic rings. The highest BCUT2D eigenvalue weighted by Gasteiger charge is 2.34. The van der Waals surface area contributed by atoms with E-state index in [-0.39, 0.29) is 37.0 Å².